The number of likely N-dealkylation sites (tertiary alicyclic amines) is 1. The number of β-lactam (4-membered cyclic amide) rings is 1. The molecule has 5 aromatic rings. The first-order valence-corrected chi connectivity index (χ1v) is 17.6. The maximum Gasteiger partial charge on any atom is 0.356 e. The Balaban J connectivity index is 1.53. The lowest BCUT2D eigenvalue weighted by Gasteiger charge is -2.45. The Hall–Kier alpha value is -5.38. The Bertz CT molecular complexity index is 1890. The molecule has 1 aromatic heterocycles. The largest absolute Gasteiger partial charge is 0.456 e. The van der Waals surface area contributed by atoms with E-state index < -0.39 is 23.8 Å². The summed E-state index contributed by atoms with van der Waals surface area (Å²) in [5, 5.41) is 13.7. The number of benzene rings is 4. The lowest BCUT2D eigenvalue weighted by molar-refractivity contribution is -0.384. The fraction of sp³-hybridized carbons (Fsp3) is 0.111. The second kappa shape index (κ2) is 14.6. The van der Waals surface area contributed by atoms with Gasteiger partial charge in [-0.1, -0.05) is 91.0 Å². The predicted molar refractivity (Wildman–Crippen MR) is 186 cm³/mol. The number of aromatic nitrogens is 2. The van der Waals surface area contributed by atoms with Crippen molar-refractivity contribution in [2.45, 2.75) is 30.6 Å². The number of nitro groups is 1. The molecule has 1 aliphatic rings. The van der Waals surface area contributed by atoms with Crippen LogP contribution in [0, 0.1) is 10.1 Å². The normalized spacial score (nSPS) is 14.1. The van der Waals surface area contributed by atoms with Crippen LogP contribution in [-0.4, -0.2) is 48.2 Å². The summed E-state index contributed by atoms with van der Waals surface area (Å²) in [6.45, 7) is -3.34. The van der Waals surface area contributed by atoms with Crippen molar-refractivity contribution < 1.29 is 24.0 Å². The predicted octanol–water partition coefficient (Wildman–Crippen LogP) is 4.86. The minimum atomic E-state index is -3.15. The topological polar surface area (TPSA) is 133 Å². The molecule has 0 N–H and O–H groups in total. The Morgan fingerprint density at radius 3 is 1.81 bits per heavy atom. The molecule has 1 unspecified atom stereocenters. The molecular weight excluding hydrogens is 647 g/mol. The zero-order chi connectivity index (χ0) is 33.5. The summed E-state index contributed by atoms with van der Waals surface area (Å²) < 4.78 is 5.99. The summed E-state index contributed by atoms with van der Waals surface area (Å²) in [5.74, 6) is -1.02. The van der Waals surface area contributed by atoms with Gasteiger partial charge in [-0.25, -0.2) is 14.8 Å². The van der Waals surface area contributed by atoms with Crippen LogP contribution < -0.4 is 15.9 Å². The average Bonchev–Trinajstić information content (AvgIpc) is 3.12. The number of carbonyl (C=O) groups excluding carboxylic acids is 3. The van der Waals surface area contributed by atoms with Gasteiger partial charge in [-0.15, -0.1) is 0 Å². The van der Waals surface area contributed by atoms with Crippen LogP contribution in [-0.2, 0) is 25.7 Å². The quantitative estimate of drug-likeness (QED) is 0.0366. The van der Waals surface area contributed by atoms with E-state index in [9.17, 15) is 24.5 Å². The molecule has 1 aliphatic heterocycles. The number of hydrogen-bond donors (Lipinski definition) is 0. The Morgan fingerprint density at radius 2 is 1.33 bits per heavy atom. The Morgan fingerprint density at radius 1 is 0.812 bits per heavy atom. The Kier molecular flexibility index (Phi) is 9.89. The molecular formula is C36H29N4O6PS. The van der Waals surface area contributed by atoms with Crippen LogP contribution in [0.25, 0.3) is 0 Å². The van der Waals surface area contributed by atoms with E-state index >= 15 is 0 Å². The van der Waals surface area contributed by atoms with Crippen molar-refractivity contribution in [2.24, 2.45) is 0 Å². The summed E-state index contributed by atoms with van der Waals surface area (Å²) in [7, 11) is 0. The minimum absolute atomic E-state index is 0.0356. The van der Waals surface area contributed by atoms with Crippen LogP contribution in [0.4, 0.5) is 5.69 Å². The molecule has 1 saturated heterocycles. The number of esters is 1. The SMILES string of the molecule is O=C(CC1CC(=O)N1C(C(=O)OCc1ccc([N+](=O)[O-])cc1)=P(c1ccccc1)(c1ccccc1)c1ccccc1)Sc1ncccn1. The molecule has 240 valence electrons. The van der Waals surface area contributed by atoms with Crippen LogP contribution in [0.2, 0.25) is 0 Å². The summed E-state index contributed by atoms with van der Waals surface area (Å²) in [6.07, 6.45) is 3.13. The highest BCUT2D eigenvalue weighted by Crippen LogP contribution is 2.49. The number of non-ortho nitro benzene ring substituents is 1. The third kappa shape index (κ3) is 6.69. The molecule has 1 fully saturated rings. The molecule has 0 bridgehead atoms. The minimum Gasteiger partial charge on any atom is -0.456 e. The summed E-state index contributed by atoms with van der Waals surface area (Å²) in [4.78, 5) is 62.2. The van der Waals surface area contributed by atoms with E-state index in [-0.39, 0.29) is 41.6 Å². The number of ether oxygens (including phenoxy) is 1. The molecule has 6 rings (SSSR count). The lowest BCUT2D eigenvalue weighted by Crippen LogP contribution is -2.60. The number of nitro benzene ring substituents is 1. The highest BCUT2D eigenvalue weighted by atomic mass is 32.2. The van der Waals surface area contributed by atoms with Crippen LogP contribution in [0.1, 0.15) is 18.4 Å². The van der Waals surface area contributed by atoms with Crippen molar-refractivity contribution >= 4 is 62.7 Å². The van der Waals surface area contributed by atoms with E-state index in [4.69, 9.17) is 4.74 Å². The first-order chi connectivity index (χ1) is 23.4. The van der Waals surface area contributed by atoms with E-state index in [1.807, 2.05) is 91.0 Å². The molecule has 12 heteroatoms. The van der Waals surface area contributed by atoms with Crippen LogP contribution in [0.3, 0.4) is 0 Å². The van der Waals surface area contributed by atoms with Gasteiger partial charge < -0.3 is 9.64 Å². The zero-order valence-electron chi connectivity index (χ0n) is 25.5. The molecule has 0 spiro atoms. The lowest BCUT2D eigenvalue weighted by atomic mass is 9.99. The highest BCUT2D eigenvalue weighted by Gasteiger charge is 2.47. The molecule has 0 aliphatic carbocycles. The average molecular weight is 677 g/mol. The smallest absolute Gasteiger partial charge is 0.356 e. The van der Waals surface area contributed by atoms with Gasteiger partial charge in [0, 0.05) is 44.3 Å². The van der Waals surface area contributed by atoms with Gasteiger partial charge in [0.2, 0.25) is 5.91 Å². The summed E-state index contributed by atoms with van der Waals surface area (Å²) >= 11 is 0.888. The number of carbonyl (C=O) groups is 3. The van der Waals surface area contributed by atoms with Crippen molar-refractivity contribution in [2.75, 3.05) is 0 Å². The third-order valence-electron chi connectivity index (χ3n) is 7.87. The van der Waals surface area contributed by atoms with Crippen molar-refractivity contribution in [3.05, 3.63) is 149 Å². The van der Waals surface area contributed by atoms with Gasteiger partial charge in [-0.3, -0.25) is 19.7 Å². The summed E-state index contributed by atoms with van der Waals surface area (Å²) in [5.41, 5.74) is 0.609. The number of rotatable bonds is 11. The van der Waals surface area contributed by atoms with Gasteiger partial charge in [0.25, 0.3) is 5.69 Å². The van der Waals surface area contributed by atoms with Gasteiger partial charge in [0.1, 0.15) is 12.0 Å². The Labute approximate surface area is 280 Å². The number of thioether (sulfide) groups is 1. The standard InChI is InChI=1S/C36H29N4O6PS/c41-32-23-28(24-33(42)48-36-37-21-10-22-38-36)39(32)34(35(43)46-25-26-17-19-27(20-18-26)40(44)45)47(29-11-4-1-5-12-29,30-13-6-2-7-14-30)31-15-8-3-9-16-31/h1-22,28H,23-25H2. The fourth-order valence-electron chi connectivity index (χ4n) is 5.70. The van der Waals surface area contributed by atoms with E-state index in [1.54, 1.807) is 18.5 Å². The maximum atomic E-state index is 14.7. The van der Waals surface area contributed by atoms with Crippen molar-refractivity contribution in [3.8, 4) is 0 Å². The maximum absolute atomic E-state index is 14.7. The van der Waals surface area contributed by atoms with Gasteiger partial charge in [-0.05, 0) is 51.4 Å². The van der Waals surface area contributed by atoms with E-state index in [0.29, 0.717) is 10.7 Å². The van der Waals surface area contributed by atoms with E-state index in [0.717, 1.165) is 27.7 Å². The van der Waals surface area contributed by atoms with Crippen molar-refractivity contribution in [3.63, 3.8) is 0 Å². The molecule has 0 radical (unpaired) electrons. The molecule has 0 saturated carbocycles. The van der Waals surface area contributed by atoms with Gasteiger partial charge in [0.15, 0.2) is 10.3 Å². The first-order valence-electron chi connectivity index (χ1n) is 15.0. The monoisotopic (exact) mass is 676 g/mol. The third-order valence-corrected chi connectivity index (χ3v) is 12.9. The second-order valence-corrected chi connectivity index (χ2v) is 15.2. The molecule has 10 nitrogen and oxygen atoms in total. The van der Waals surface area contributed by atoms with Crippen molar-refractivity contribution in [1.29, 1.82) is 0 Å². The number of amides is 1. The summed E-state index contributed by atoms with van der Waals surface area (Å²) in [6, 6.07) is 35.5. The molecule has 4 aromatic carbocycles. The van der Waals surface area contributed by atoms with Crippen LogP contribution in [0.15, 0.2) is 139 Å². The number of hydrogen-bond acceptors (Lipinski definition) is 9. The van der Waals surface area contributed by atoms with E-state index in [2.05, 4.69) is 9.97 Å². The van der Waals surface area contributed by atoms with Crippen LogP contribution >= 0.6 is 18.6 Å². The second-order valence-electron chi connectivity index (χ2n) is 10.8. The van der Waals surface area contributed by atoms with Gasteiger partial charge in [-0.2, -0.15) is 0 Å². The number of nitrogens with zero attached hydrogens (tertiary/aromatic N) is 4. The molecule has 2 heterocycles. The first kappa shape index (κ1) is 32.6. The van der Waals surface area contributed by atoms with E-state index in [1.165, 1.54) is 29.2 Å². The zero-order valence-corrected chi connectivity index (χ0v) is 27.2. The molecule has 48 heavy (non-hydrogen) atoms. The molecule has 1 amide bonds. The molecule has 1 atom stereocenters. The van der Waals surface area contributed by atoms with Gasteiger partial charge >= 0.3 is 5.97 Å². The fourth-order valence-corrected chi connectivity index (χ4v) is 10.8. The highest BCUT2D eigenvalue weighted by molar-refractivity contribution is 8.13. The van der Waals surface area contributed by atoms with Crippen LogP contribution in [0.5, 0.6) is 0 Å². The van der Waals surface area contributed by atoms with Crippen molar-refractivity contribution in [1.82, 2.24) is 14.9 Å². The van der Waals surface area contributed by atoms with Gasteiger partial charge in [0.05, 0.1) is 11.0 Å².